The van der Waals surface area contributed by atoms with Crippen molar-refractivity contribution in [1.82, 2.24) is 0 Å². The smallest absolute Gasteiger partial charge is 0.334 e. The van der Waals surface area contributed by atoms with Gasteiger partial charge < -0.3 is 4.74 Å². The maximum Gasteiger partial charge on any atom is 0.334 e. The number of hydrogen-bond donors (Lipinski definition) is 0. The van der Waals surface area contributed by atoms with E-state index in [9.17, 15) is 4.79 Å². The zero-order valence-electron chi connectivity index (χ0n) is 9.92. The maximum absolute atomic E-state index is 11.3. The predicted molar refractivity (Wildman–Crippen MR) is 61.6 cm³/mol. The molecule has 2 heteroatoms. The van der Waals surface area contributed by atoms with E-state index in [2.05, 4.69) is 13.0 Å². The molecule has 1 rings (SSSR count). The molecule has 86 valence electrons. The molecule has 1 atom stereocenters. The van der Waals surface area contributed by atoms with Crippen molar-refractivity contribution in [2.75, 3.05) is 0 Å². The van der Waals surface area contributed by atoms with E-state index in [0.717, 1.165) is 18.4 Å². The van der Waals surface area contributed by atoms with Crippen molar-refractivity contribution in [2.24, 2.45) is 0 Å². The molecule has 0 radical (unpaired) electrons. The van der Waals surface area contributed by atoms with Crippen molar-refractivity contribution in [3.8, 4) is 0 Å². The van der Waals surface area contributed by atoms with Gasteiger partial charge in [-0.3, -0.25) is 0 Å². The van der Waals surface area contributed by atoms with Gasteiger partial charge in [0.1, 0.15) is 6.10 Å². The Morgan fingerprint density at radius 1 is 1.33 bits per heavy atom. The minimum Gasteiger partial charge on any atom is -0.459 e. The Bertz CT molecular complexity index is 231. The molecule has 1 fully saturated rings. The van der Waals surface area contributed by atoms with Gasteiger partial charge in [-0.1, -0.05) is 38.7 Å². The second kappa shape index (κ2) is 6.65. The number of unbranched alkanes of at least 4 members (excludes halogenated alkanes) is 5. The topological polar surface area (TPSA) is 26.3 Å². The van der Waals surface area contributed by atoms with E-state index in [4.69, 9.17) is 4.74 Å². The summed E-state index contributed by atoms with van der Waals surface area (Å²) in [5.41, 5.74) is 0.887. The molecule has 15 heavy (non-hydrogen) atoms. The minimum atomic E-state index is -0.101. The van der Waals surface area contributed by atoms with Crippen LogP contribution in [-0.4, -0.2) is 12.1 Å². The fourth-order valence-corrected chi connectivity index (χ4v) is 1.88. The van der Waals surface area contributed by atoms with Gasteiger partial charge in [-0.2, -0.15) is 0 Å². The molecule has 0 aliphatic carbocycles. The van der Waals surface area contributed by atoms with Crippen molar-refractivity contribution in [3.05, 3.63) is 11.6 Å². The van der Waals surface area contributed by atoms with E-state index in [1.54, 1.807) is 0 Å². The molecule has 0 unspecified atom stereocenters. The summed E-state index contributed by atoms with van der Waals surface area (Å²) < 4.78 is 5.06. The van der Waals surface area contributed by atoms with Gasteiger partial charge in [-0.05, 0) is 19.8 Å². The zero-order valence-corrected chi connectivity index (χ0v) is 9.92. The van der Waals surface area contributed by atoms with Gasteiger partial charge in [0, 0.05) is 12.0 Å². The fraction of sp³-hybridized carbons (Fsp3) is 0.769. The molecular formula is C13H22O2. The Morgan fingerprint density at radius 2 is 2.07 bits per heavy atom. The van der Waals surface area contributed by atoms with E-state index < -0.39 is 0 Å². The van der Waals surface area contributed by atoms with Crippen molar-refractivity contribution < 1.29 is 9.53 Å². The van der Waals surface area contributed by atoms with Gasteiger partial charge in [0.05, 0.1) is 0 Å². The predicted octanol–water partition coefficient (Wildman–Crippen LogP) is 3.61. The van der Waals surface area contributed by atoms with Gasteiger partial charge >= 0.3 is 5.97 Å². The first-order valence-corrected chi connectivity index (χ1v) is 6.14. The maximum atomic E-state index is 11.3. The second-order valence-corrected chi connectivity index (χ2v) is 4.35. The summed E-state index contributed by atoms with van der Waals surface area (Å²) in [5, 5.41) is 0. The molecule has 0 aromatic heterocycles. The molecule has 0 aromatic rings. The Kier molecular flexibility index (Phi) is 5.44. The average molecular weight is 210 g/mol. The van der Waals surface area contributed by atoms with E-state index in [1.165, 1.54) is 32.1 Å². The SMILES string of the molecule is CCCCCCC/C=C1/C[C@@H](C)OC1=O. The Balaban J connectivity index is 2.12. The van der Waals surface area contributed by atoms with Crippen LogP contribution in [0.15, 0.2) is 11.6 Å². The Hall–Kier alpha value is -0.790. The first-order valence-electron chi connectivity index (χ1n) is 6.14. The minimum absolute atomic E-state index is 0.0869. The number of allylic oxidation sites excluding steroid dienone is 1. The van der Waals surface area contributed by atoms with E-state index in [-0.39, 0.29) is 12.1 Å². The van der Waals surface area contributed by atoms with Crippen LogP contribution < -0.4 is 0 Å². The van der Waals surface area contributed by atoms with Crippen molar-refractivity contribution >= 4 is 5.97 Å². The molecule has 0 aromatic carbocycles. The van der Waals surface area contributed by atoms with Crippen molar-refractivity contribution in [3.63, 3.8) is 0 Å². The molecular weight excluding hydrogens is 188 g/mol. The lowest BCUT2D eigenvalue weighted by molar-refractivity contribution is -0.138. The van der Waals surface area contributed by atoms with E-state index in [0.29, 0.717) is 0 Å². The number of esters is 1. The molecule has 1 heterocycles. The number of cyclic esters (lactones) is 1. The average Bonchev–Trinajstić information content (AvgIpc) is 2.51. The summed E-state index contributed by atoms with van der Waals surface area (Å²) >= 11 is 0. The normalized spacial score (nSPS) is 23.5. The third-order valence-electron chi connectivity index (χ3n) is 2.78. The number of carbonyl (C=O) groups is 1. The van der Waals surface area contributed by atoms with Gasteiger partial charge in [-0.15, -0.1) is 0 Å². The highest BCUT2D eigenvalue weighted by atomic mass is 16.5. The van der Waals surface area contributed by atoms with Crippen LogP contribution in [0.25, 0.3) is 0 Å². The molecule has 0 bridgehead atoms. The lowest BCUT2D eigenvalue weighted by Crippen LogP contribution is -1.99. The quantitative estimate of drug-likeness (QED) is 0.380. The van der Waals surface area contributed by atoms with Crippen molar-refractivity contribution in [1.29, 1.82) is 0 Å². The Morgan fingerprint density at radius 3 is 2.67 bits per heavy atom. The molecule has 1 aliphatic heterocycles. The highest BCUT2D eigenvalue weighted by Gasteiger charge is 2.24. The van der Waals surface area contributed by atoms with Crippen LogP contribution in [0.2, 0.25) is 0 Å². The van der Waals surface area contributed by atoms with Crippen LogP contribution in [-0.2, 0) is 9.53 Å². The zero-order chi connectivity index (χ0) is 11.1. The summed E-state index contributed by atoms with van der Waals surface area (Å²) in [6, 6.07) is 0. The van der Waals surface area contributed by atoms with Gasteiger partial charge in [0.2, 0.25) is 0 Å². The van der Waals surface area contributed by atoms with E-state index in [1.807, 2.05) is 6.92 Å². The summed E-state index contributed by atoms with van der Waals surface area (Å²) in [6.45, 7) is 4.16. The van der Waals surface area contributed by atoms with Crippen molar-refractivity contribution in [2.45, 2.75) is 64.9 Å². The summed E-state index contributed by atoms with van der Waals surface area (Å²) in [5.74, 6) is -0.101. The standard InChI is InChI=1S/C13H22O2/c1-3-4-5-6-7-8-9-12-10-11(2)15-13(12)14/h9,11H,3-8,10H2,1-2H3/b12-9-/t11-/m1/s1. The molecule has 0 N–H and O–H groups in total. The lowest BCUT2D eigenvalue weighted by atomic mass is 10.1. The third kappa shape index (κ3) is 4.50. The van der Waals surface area contributed by atoms with Gasteiger partial charge in [0.15, 0.2) is 0 Å². The first-order chi connectivity index (χ1) is 7.24. The highest BCUT2D eigenvalue weighted by molar-refractivity contribution is 5.90. The molecule has 0 amide bonds. The summed E-state index contributed by atoms with van der Waals surface area (Å²) in [7, 11) is 0. The van der Waals surface area contributed by atoms with Crippen LogP contribution in [0.3, 0.4) is 0 Å². The number of rotatable bonds is 6. The molecule has 0 saturated carbocycles. The molecule has 1 aliphatic rings. The summed E-state index contributed by atoms with van der Waals surface area (Å²) in [4.78, 5) is 11.3. The van der Waals surface area contributed by atoms with Crippen LogP contribution in [0, 0.1) is 0 Å². The molecule has 1 saturated heterocycles. The lowest BCUT2D eigenvalue weighted by Gasteiger charge is -1.96. The fourth-order valence-electron chi connectivity index (χ4n) is 1.88. The molecule has 0 spiro atoms. The number of hydrogen-bond acceptors (Lipinski definition) is 2. The van der Waals surface area contributed by atoms with Crippen LogP contribution in [0.4, 0.5) is 0 Å². The number of carbonyl (C=O) groups excluding carboxylic acids is 1. The molecule has 2 nitrogen and oxygen atoms in total. The van der Waals surface area contributed by atoms with Crippen LogP contribution in [0.1, 0.15) is 58.8 Å². The Labute approximate surface area is 92.7 Å². The van der Waals surface area contributed by atoms with E-state index >= 15 is 0 Å². The monoisotopic (exact) mass is 210 g/mol. The third-order valence-corrected chi connectivity index (χ3v) is 2.78. The van der Waals surface area contributed by atoms with Crippen LogP contribution >= 0.6 is 0 Å². The summed E-state index contributed by atoms with van der Waals surface area (Å²) in [6.07, 6.45) is 10.4. The van der Waals surface area contributed by atoms with Crippen LogP contribution in [0.5, 0.6) is 0 Å². The first kappa shape index (κ1) is 12.3. The largest absolute Gasteiger partial charge is 0.459 e. The second-order valence-electron chi connectivity index (χ2n) is 4.35. The van der Waals surface area contributed by atoms with Gasteiger partial charge in [-0.25, -0.2) is 4.79 Å². The van der Waals surface area contributed by atoms with Gasteiger partial charge in [0.25, 0.3) is 0 Å². The highest BCUT2D eigenvalue weighted by Crippen LogP contribution is 2.20. The number of ether oxygens (including phenoxy) is 1.